The molecule has 5 heteroatoms. The van der Waals surface area contributed by atoms with Crippen LogP contribution in [0.5, 0.6) is 0 Å². The lowest BCUT2D eigenvalue weighted by Gasteiger charge is -2.05. The molecule has 1 heterocycles. The van der Waals surface area contributed by atoms with Crippen molar-refractivity contribution in [3.8, 4) is 0 Å². The summed E-state index contributed by atoms with van der Waals surface area (Å²) in [5.74, 6) is 0.215. The topological polar surface area (TPSA) is 12.9 Å². The first kappa shape index (κ1) is 10.3. The molecule has 0 amide bonds. The van der Waals surface area contributed by atoms with Crippen molar-refractivity contribution in [2.45, 2.75) is 18.5 Å². The Morgan fingerprint density at radius 3 is 2.38 bits per heavy atom. The molecule has 1 aromatic heterocycles. The number of pyridine rings is 1. The molecule has 0 bridgehead atoms. The highest BCUT2D eigenvalue weighted by atomic mass is 35.5. The molecule has 0 unspecified atom stereocenters. The Bertz CT molecular complexity index is 268. The van der Waals surface area contributed by atoms with Crippen LogP contribution < -0.4 is 0 Å². The maximum atomic E-state index is 11.9. The monoisotopic (exact) mass is 209 g/mol. The van der Waals surface area contributed by atoms with Crippen molar-refractivity contribution in [2.24, 2.45) is 0 Å². The summed E-state index contributed by atoms with van der Waals surface area (Å²) in [7, 11) is 0. The van der Waals surface area contributed by atoms with E-state index in [4.69, 9.17) is 11.6 Å². The van der Waals surface area contributed by atoms with Crippen LogP contribution in [-0.4, -0.2) is 11.2 Å². The average molecular weight is 210 g/mol. The van der Waals surface area contributed by atoms with Gasteiger partial charge in [0.15, 0.2) is 0 Å². The van der Waals surface area contributed by atoms with Crippen LogP contribution in [0.4, 0.5) is 13.2 Å². The molecule has 0 atom stereocenters. The Labute approximate surface area is 78.5 Å². The van der Waals surface area contributed by atoms with Crippen LogP contribution in [0.3, 0.4) is 0 Å². The van der Waals surface area contributed by atoms with E-state index >= 15 is 0 Å². The van der Waals surface area contributed by atoms with Crippen LogP contribution in [0.15, 0.2) is 18.3 Å². The number of hydrogen-bond acceptors (Lipinski definition) is 1. The minimum Gasteiger partial charge on any atom is -0.260 e. The van der Waals surface area contributed by atoms with Crippen LogP contribution in [0, 0.1) is 0 Å². The van der Waals surface area contributed by atoms with E-state index < -0.39 is 12.6 Å². The van der Waals surface area contributed by atoms with Gasteiger partial charge in [0.25, 0.3) is 0 Å². The standard InChI is InChI=1S/C8H7ClF3N/c9-4-7-2-1-6(5-13-7)3-8(10,11)12/h1-2,5H,3-4H2. The maximum absolute atomic E-state index is 11.9. The number of alkyl halides is 4. The van der Waals surface area contributed by atoms with Gasteiger partial charge in [-0.1, -0.05) is 6.07 Å². The van der Waals surface area contributed by atoms with Crippen LogP contribution in [0.1, 0.15) is 11.3 Å². The van der Waals surface area contributed by atoms with Crippen molar-refractivity contribution >= 4 is 11.6 Å². The van der Waals surface area contributed by atoms with Crippen molar-refractivity contribution in [2.75, 3.05) is 0 Å². The summed E-state index contributed by atoms with van der Waals surface area (Å²) in [6.45, 7) is 0. The summed E-state index contributed by atoms with van der Waals surface area (Å²) in [5, 5.41) is 0. The molecule has 0 fully saturated rings. The van der Waals surface area contributed by atoms with Gasteiger partial charge in [-0.15, -0.1) is 11.6 Å². The molecule has 0 saturated carbocycles. The molecule has 0 aliphatic rings. The second-order valence-corrected chi connectivity index (χ2v) is 2.85. The van der Waals surface area contributed by atoms with Gasteiger partial charge in [0.1, 0.15) is 0 Å². The van der Waals surface area contributed by atoms with E-state index in [0.717, 1.165) is 0 Å². The quantitative estimate of drug-likeness (QED) is 0.683. The van der Waals surface area contributed by atoms with Gasteiger partial charge in [0.2, 0.25) is 0 Å². The number of rotatable bonds is 2. The first-order valence-corrected chi connectivity index (χ1v) is 4.11. The van der Waals surface area contributed by atoms with E-state index in [2.05, 4.69) is 4.98 Å². The molecule has 0 saturated heterocycles. The SMILES string of the molecule is FC(F)(F)Cc1ccc(CCl)nc1. The molecule has 72 valence electrons. The number of halogens is 4. The predicted molar refractivity (Wildman–Crippen MR) is 43.6 cm³/mol. The van der Waals surface area contributed by atoms with Gasteiger partial charge >= 0.3 is 6.18 Å². The Kier molecular flexibility index (Phi) is 3.14. The largest absolute Gasteiger partial charge is 0.393 e. The summed E-state index contributed by atoms with van der Waals surface area (Å²) in [6, 6.07) is 2.88. The van der Waals surface area contributed by atoms with Crippen molar-refractivity contribution in [3.05, 3.63) is 29.6 Å². The molecule has 0 N–H and O–H groups in total. The third-order valence-corrected chi connectivity index (χ3v) is 1.70. The van der Waals surface area contributed by atoms with Gasteiger partial charge in [-0.05, 0) is 11.6 Å². The summed E-state index contributed by atoms with van der Waals surface area (Å²) in [5.41, 5.74) is 0.731. The van der Waals surface area contributed by atoms with E-state index in [9.17, 15) is 13.2 Å². The zero-order valence-corrected chi connectivity index (χ0v) is 7.36. The van der Waals surface area contributed by atoms with E-state index in [1.807, 2.05) is 0 Å². The fourth-order valence-corrected chi connectivity index (χ4v) is 1.03. The summed E-state index contributed by atoms with van der Waals surface area (Å²) in [6.07, 6.45) is -3.92. The van der Waals surface area contributed by atoms with Crippen LogP contribution in [-0.2, 0) is 12.3 Å². The molecule has 0 aromatic carbocycles. The van der Waals surface area contributed by atoms with Gasteiger partial charge in [-0.3, -0.25) is 4.98 Å². The predicted octanol–water partition coefficient (Wildman–Crippen LogP) is 2.93. The molecular weight excluding hydrogens is 203 g/mol. The summed E-state index contributed by atoms with van der Waals surface area (Å²) < 4.78 is 35.6. The van der Waals surface area contributed by atoms with Crippen LogP contribution in [0.25, 0.3) is 0 Å². The molecule has 1 aromatic rings. The van der Waals surface area contributed by atoms with Gasteiger partial charge in [0, 0.05) is 6.20 Å². The fourth-order valence-electron chi connectivity index (χ4n) is 0.870. The Balaban J connectivity index is 2.70. The van der Waals surface area contributed by atoms with Gasteiger partial charge < -0.3 is 0 Å². The fraction of sp³-hybridized carbons (Fsp3) is 0.375. The normalized spacial score (nSPS) is 11.7. The molecule has 1 nitrogen and oxygen atoms in total. The zero-order chi connectivity index (χ0) is 9.90. The lowest BCUT2D eigenvalue weighted by Crippen LogP contribution is -2.11. The second-order valence-electron chi connectivity index (χ2n) is 2.58. The second kappa shape index (κ2) is 3.96. The van der Waals surface area contributed by atoms with Crippen molar-refractivity contribution in [3.63, 3.8) is 0 Å². The molecule has 1 rings (SSSR count). The summed E-state index contributed by atoms with van der Waals surface area (Å²) >= 11 is 5.43. The van der Waals surface area contributed by atoms with Crippen LogP contribution >= 0.6 is 11.6 Å². The lowest BCUT2D eigenvalue weighted by molar-refractivity contribution is -0.127. The first-order chi connectivity index (χ1) is 6.01. The highest BCUT2D eigenvalue weighted by molar-refractivity contribution is 6.16. The van der Waals surface area contributed by atoms with Gasteiger partial charge in [-0.2, -0.15) is 13.2 Å². The molecule has 0 aliphatic heterocycles. The molecule has 0 aliphatic carbocycles. The lowest BCUT2D eigenvalue weighted by atomic mass is 10.2. The zero-order valence-electron chi connectivity index (χ0n) is 6.61. The molecule has 0 spiro atoms. The molecule has 0 radical (unpaired) electrons. The average Bonchev–Trinajstić information content (AvgIpc) is 2.03. The molecular formula is C8H7ClF3N. The third kappa shape index (κ3) is 3.63. The third-order valence-electron chi connectivity index (χ3n) is 1.43. The number of hydrogen-bond donors (Lipinski definition) is 0. The smallest absolute Gasteiger partial charge is 0.260 e. The van der Waals surface area contributed by atoms with Crippen molar-refractivity contribution in [1.82, 2.24) is 4.98 Å². The van der Waals surface area contributed by atoms with Crippen molar-refractivity contribution in [1.29, 1.82) is 0 Å². The Morgan fingerprint density at radius 1 is 1.31 bits per heavy atom. The van der Waals surface area contributed by atoms with E-state index in [0.29, 0.717) is 5.69 Å². The van der Waals surface area contributed by atoms with E-state index in [1.54, 1.807) is 0 Å². The Hall–Kier alpha value is -0.770. The number of nitrogens with zero attached hydrogens (tertiary/aromatic N) is 1. The van der Waals surface area contributed by atoms with E-state index in [-0.39, 0.29) is 11.4 Å². The maximum Gasteiger partial charge on any atom is 0.393 e. The van der Waals surface area contributed by atoms with E-state index in [1.165, 1.54) is 18.3 Å². The number of aromatic nitrogens is 1. The Morgan fingerprint density at radius 2 is 2.00 bits per heavy atom. The first-order valence-electron chi connectivity index (χ1n) is 3.58. The highest BCUT2D eigenvalue weighted by Gasteiger charge is 2.27. The highest BCUT2D eigenvalue weighted by Crippen LogP contribution is 2.20. The van der Waals surface area contributed by atoms with Crippen molar-refractivity contribution < 1.29 is 13.2 Å². The summed E-state index contributed by atoms with van der Waals surface area (Å²) in [4.78, 5) is 3.75. The minimum absolute atomic E-state index is 0.154. The van der Waals surface area contributed by atoms with Gasteiger partial charge in [0.05, 0.1) is 18.0 Å². The van der Waals surface area contributed by atoms with Gasteiger partial charge in [-0.25, -0.2) is 0 Å². The minimum atomic E-state index is -4.18. The molecule has 13 heavy (non-hydrogen) atoms. The van der Waals surface area contributed by atoms with Crippen LogP contribution in [0.2, 0.25) is 0 Å².